The third-order valence-corrected chi connectivity index (χ3v) is 3.96. The molecule has 2 rings (SSSR count). The van der Waals surface area contributed by atoms with Crippen molar-refractivity contribution in [3.63, 3.8) is 0 Å². The van der Waals surface area contributed by atoms with Crippen molar-refractivity contribution in [2.24, 2.45) is 0 Å². The summed E-state index contributed by atoms with van der Waals surface area (Å²) in [4.78, 5) is 37.7. The molecule has 1 aliphatic rings. The van der Waals surface area contributed by atoms with Crippen LogP contribution in [0.15, 0.2) is 18.2 Å². The number of esters is 1. The van der Waals surface area contributed by atoms with Gasteiger partial charge in [-0.3, -0.25) is 9.59 Å². The Morgan fingerprint density at radius 3 is 2.61 bits per heavy atom. The number of hydrogen-bond acceptors (Lipinski definition) is 5. The zero-order valence-electron chi connectivity index (χ0n) is 12.8. The van der Waals surface area contributed by atoms with E-state index in [-0.39, 0.29) is 12.5 Å². The van der Waals surface area contributed by atoms with E-state index in [2.05, 4.69) is 10.1 Å². The highest BCUT2D eigenvalue weighted by molar-refractivity contribution is 6.33. The molecule has 124 valence electrons. The number of carbonyl (C=O) groups excluding carboxylic acids is 3. The summed E-state index contributed by atoms with van der Waals surface area (Å²) in [5, 5.41) is 3.35. The van der Waals surface area contributed by atoms with Crippen LogP contribution in [-0.4, -0.2) is 67.9 Å². The van der Waals surface area contributed by atoms with Crippen LogP contribution >= 0.6 is 11.6 Å². The third-order valence-electron chi connectivity index (χ3n) is 3.63. The Kier molecular flexibility index (Phi) is 5.81. The molecule has 8 heteroatoms. The minimum absolute atomic E-state index is 0.0609. The van der Waals surface area contributed by atoms with E-state index in [1.165, 1.54) is 7.11 Å². The van der Waals surface area contributed by atoms with E-state index in [9.17, 15) is 14.4 Å². The van der Waals surface area contributed by atoms with Gasteiger partial charge in [-0.1, -0.05) is 11.6 Å². The summed E-state index contributed by atoms with van der Waals surface area (Å²) in [5.41, 5.74) is 0.848. The number of rotatable bonds is 5. The van der Waals surface area contributed by atoms with Crippen LogP contribution in [0, 0.1) is 0 Å². The average Bonchev–Trinajstić information content (AvgIpc) is 2.60. The molecule has 1 fully saturated rings. The fourth-order valence-electron chi connectivity index (χ4n) is 2.26. The van der Waals surface area contributed by atoms with Gasteiger partial charge in [-0.25, -0.2) is 4.79 Å². The summed E-state index contributed by atoms with van der Waals surface area (Å²) < 4.78 is 4.65. The molecule has 0 atom stereocenters. The number of hydrogen-bond donors (Lipinski definition) is 1. The number of piperazine rings is 1. The SMILES string of the molecule is COC(=O)c1ccc(Cl)c(NCC(=O)N2CCN(C=O)CC2)c1. The molecule has 0 unspecified atom stereocenters. The molecule has 0 bridgehead atoms. The lowest BCUT2D eigenvalue weighted by Gasteiger charge is -2.32. The fourth-order valence-corrected chi connectivity index (χ4v) is 2.45. The minimum Gasteiger partial charge on any atom is -0.465 e. The quantitative estimate of drug-likeness (QED) is 0.635. The maximum atomic E-state index is 12.2. The molecule has 1 saturated heterocycles. The fraction of sp³-hybridized carbons (Fsp3) is 0.400. The van der Waals surface area contributed by atoms with Crippen molar-refractivity contribution in [2.75, 3.05) is 45.2 Å². The first kappa shape index (κ1) is 17.1. The highest BCUT2D eigenvalue weighted by Gasteiger charge is 2.20. The third kappa shape index (κ3) is 4.35. The van der Waals surface area contributed by atoms with Gasteiger partial charge < -0.3 is 19.9 Å². The van der Waals surface area contributed by atoms with Gasteiger partial charge in [0, 0.05) is 26.2 Å². The van der Waals surface area contributed by atoms with Gasteiger partial charge in [-0.05, 0) is 18.2 Å². The molecule has 1 aliphatic heterocycles. The second kappa shape index (κ2) is 7.82. The predicted molar refractivity (Wildman–Crippen MR) is 85.5 cm³/mol. The minimum atomic E-state index is -0.471. The molecule has 1 aromatic carbocycles. The summed E-state index contributed by atoms with van der Waals surface area (Å²) in [7, 11) is 1.30. The summed E-state index contributed by atoms with van der Waals surface area (Å²) in [6.45, 7) is 2.15. The first-order chi connectivity index (χ1) is 11.0. The maximum absolute atomic E-state index is 12.2. The van der Waals surface area contributed by atoms with E-state index in [0.29, 0.717) is 42.5 Å². The number of halogens is 1. The number of benzene rings is 1. The van der Waals surface area contributed by atoms with Gasteiger partial charge in [0.15, 0.2) is 0 Å². The van der Waals surface area contributed by atoms with Gasteiger partial charge in [0.25, 0.3) is 0 Å². The summed E-state index contributed by atoms with van der Waals surface area (Å²) >= 11 is 6.07. The van der Waals surface area contributed by atoms with Gasteiger partial charge >= 0.3 is 5.97 Å². The lowest BCUT2D eigenvalue weighted by molar-refractivity contribution is -0.133. The van der Waals surface area contributed by atoms with Crippen LogP contribution in [0.1, 0.15) is 10.4 Å². The molecule has 1 aromatic rings. The molecule has 0 spiro atoms. The van der Waals surface area contributed by atoms with Crippen molar-refractivity contribution in [3.05, 3.63) is 28.8 Å². The molecular weight excluding hydrogens is 322 g/mol. The highest BCUT2D eigenvalue weighted by atomic mass is 35.5. The van der Waals surface area contributed by atoms with E-state index in [1.807, 2.05) is 0 Å². The van der Waals surface area contributed by atoms with Crippen LogP contribution in [0.2, 0.25) is 5.02 Å². The Labute approximate surface area is 139 Å². The molecule has 0 aromatic heterocycles. The highest BCUT2D eigenvalue weighted by Crippen LogP contribution is 2.23. The van der Waals surface area contributed by atoms with Crippen LogP contribution in [0.25, 0.3) is 0 Å². The first-order valence-electron chi connectivity index (χ1n) is 7.14. The zero-order valence-corrected chi connectivity index (χ0v) is 13.5. The van der Waals surface area contributed by atoms with Crippen LogP contribution in [0.3, 0.4) is 0 Å². The Bertz CT molecular complexity index is 600. The Morgan fingerprint density at radius 1 is 1.30 bits per heavy atom. The van der Waals surface area contributed by atoms with E-state index < -0.39 is 5.97 Å². The molecule has 0 aliphatic carbocycles. The number of ether oxygens (including phenoxy) is 1. The molecule has 23 heavy (non-hydrogen) atoms. The number of methoxy groups -OCH3 is 1. The lowest BCUT2D eigenvalue weighted by Crippen LogP contribution is -2.49. The molecule has 0 radical (unpaired) electrons. The molecule has 1 N–H and O–H groups in total. The van der Waals surface area contributed by atoms with Crippen LogP contribution < -0.4 is 5.32 Å². The van der Waals surface area contributed by atoms with Gasteiger partial charge in [0.05, 0.1) is 29.9 Å². The lowest BCUT2D eigenvalue weighted by atomic mass is 10.2. The first-order valence-corrected chi connectivity index (χ1v) is 7.52. The summed E-state index contributed by atoms with van der Waals surface area (Å²) in [6, 6.07) is 4.68. The van der Waals surface area contributed by atoms with Crippen molar-refractivity contribution < 1.29 is 19.1 Å². The van der Waals surface area contributed by atoms with Crippen LogP contribution in [0.5, 0.6) is 0 Å². The van der Waals surface area contributed by atoms with Crippen molar-refractivity contribution in [2.45, 2.75) is 0 Å². The number of nitrogens with one attached hydrogen (secondary N) is 1. The number of carbonyl (C=O) groups is 3. The van der Waals surface area contributed by atoms with E-state index in [4.69, 9.17) is 11.6 Å². The van der Waals surface area contributed by atoms with E-state index in [1.54, 1.807) is 28.0 Å². The van der Waals surface area contributed by atoms with Crippen molar-refractivity contribution in [1.29, 1.82) is 0 Å². The largest absolute Gasteiger partial charge is 0.465 e. The molecule has 2 amide bonds. The van der Waals surface area contributed by atoms with Gasteiger partial charge in [-0.2, -0.15) is 0 Å². The number of amides is 2. The van der Waals surface area contributed by atoms with Crippen LogP contribution in [-0.2, 0) is 14.3 Å². The van der Waals surface area contributed by atoms with Gasteiger partial charge in [0.2, 0.25) is 12.3 Å². The molecular formula is C15H18ClN3O4. The zero-order chi connectivity index (χ0) is 16.8. The number of anilines is 1. The standard InChI is InChI=1S/C15H18ClN3O4/c1-23-15(22)11-2-3-12(16)13(8-11)17-9-14(21)19-6-4-18(10-20)5-7-19/h2-3,8,10,17H,4-7,9H2,1H3. The van der Waals surface area contributed by atoms with E-state index >= 15 is 0 Å². The van der Waals surface area contributed by atoms with E-state index in [0.717, 1.165) is 6.41 Å². The maximum Gasteiger partial charge on any atom is 0.337 e. The van der Waals surface area contributed by atoms with Gasteiger partial charge in [0.1, 0.15) is 0 Å². The van der Waals surface area contributed by atoms with Gasteiger partial charge in [-0.15, -0.1) is 0 Å². The summed E-state index contributed by atoms with van der Waals surface area (Å²) in [6.07, 6.45) is 0.790. The van der Waals surface area contributed by atoms with Crippen molar-refractivity contribution >= 4 is 35.6 Å². The average molecular weight is 340 g/mol. The molecule has 0 saturated carbocycles. The molecule has 1 heterocycles. The topological polar surface area (TPSA) is 79.0 Å². The Morgan fingerprint density at radius 2 is 2.00 bits per heavy atom. The predicted octanol–water partition coefficient (Wildman–Crippen LogP) is 0.839. The molecule has 7 nitrogen and oxygen atoms in total. The smallest absolute Gasteiger partial charge is 0.337 e. The van der Waals surface area contributed by atoms with Crippen molar-refractivity contribution in [3.8, 4) is 0 Å². The second-order valence-corrected chi connectivity index (χ2v) is 5.47. The van der Waals surface area contributed by atoms with Crippen molar-refractivity contribution in [1.82, 2.24) is 9.80 Å². The number of nitrogens with zero attached hydrogens (tertiary/aromatic N) is 2. The monoisotopic (exact) mass is 339 g/mol. The Hall–Kier alpha value is -2.28. The summed E-state index contributed by atoms with van der Waals surface area (Å²) in [5.74, 6) is -0.559. The second-order valence-electron chi connectivity index (χ2n) is 5.06. The van der Waals surface area contributed by atoms with Crippen LogP contribution in [0.4, 0.5) is 5.69 Å². The normalized spacial score (nSPS) is 14.3. The Balaban J connectivity index is 1.94.